The number of nitrogens with zero attached hydrogens (tertiary/aromatic N) is 1. The molecule has 2 aromatic carbocycles. The third-order valence-corrected chi connectivity index (χ3v) is 6.71. The summed E-state index contributed by atoms with van der Waals surface area (Å²) in [4.78, 5) is 2.51. The van der Waals surface area contributed by atoms with Gasteiger partial charge in [0.25, 0.3) is 0 Å². The van der Waals surface area contributed by atoms with Crippen molar-refractivity contribution < 1.29 is 23.0 Å². The molecule has 1 aliphatic carbocycles. The average Bonchev–Trinajstić information content (AvgIpc) is 2.78. The maximum Gasteiger partial charge on any atom is 0.573 e. The molecule has 1 atom stereocenters. The number of aliphatic hydroxyl groups is 1. The van der Waals surface area contributed by atoms with E-state index in [1.54, 1.807) is 12.1 Å². The largest absolute Gasteiger partial charge is 0.573 e. The predicted molar refractivity (Wildman–Crippen MR) is 133 cm³/mol. The number of aliphatic hydroxyl groups excluding tert-OH is 1. The van der Waals surface area contributed by atoms with Crippen molar-refractivity contribution >= 4 is 24.8 Å². The van der Waals surface area contributed by atoms with Gasteiger partial charge in [0.15, 0.2) is 0 Å². The zero-order chi connectivity index (χ0) is 22.6. The lowest BCUT2D eigenvalue weighted by atomic mass is 9.75. The van der Waals surface area contributed by atoms with E-state index in [1.807, 2.05) is 12.1 Å². The third kappa shape index (κ3) is 8.02. The number of rotatable bonds is 6. The Bertz CT molecular complexity index is 869. The quantitative estimate of drug-likeness (QED) is 0.517. The summed E-state index contributed by atoms with van der Waals surface area (Å²) in [6, 6.07) is 14.3. The van der Waals surface area contributed by atoms with Crippen LogP contribution in [-0.4, -0.2) is 55.2 Å². The van der Waals surface area contributed by atoms with Crippen molar-refractivity contribution in [3.8, 4) is 16.9 Å². The SMILES string of the molecule is Cl.Cl.OC1CCC(C(CN2CCNCC2)c2ccc(-c3cccc(OC(F)(F)F)c3)cc2)CC1. The lowest BCUT2D eigenvalue weighted by Crippen LogP contribution is -2.46. The standard InChI is InChI=1S/C25H31F3N2O2.2ClH/c26-25(27,28)32-23-3-1-2-21(16-23)18-4-6-19(7-5-18)24(17-30-14-12-29-13-15-30)20-8-10-22(31)11-9-20;;/h1-7,16,20,22,24,29,31H,8-15,17H2;2*1H. The summed E-state index contributed by atoms with van der Waals surface area (Å²) in [6.45, 7) is 5.08. The zero-order valence-corrected chi connectivity index (χ0v) is 20.6. The van der Waals surface area contributed by atoms with Gasteiger partial charge < -0.3 is 20.1 Å². The van der Waals surface area contributed by atoms with E-state index in [0.717, 1.165) is 64.0 Å². The summed E-state index contributed by atoms with van der Waals surface area (Å²) in [5.41, 5.74) is 2.82. The van der Waals surface area contributed by atoms with Crippen LogP contribution in [0.15, 0.2) is 48.5 Å². The second-order valence-electron chi connectivity index (χ2n) is 8.92. The van der Waals surface area contributed by atoms with Crippen molar-refractivity contribution in [3.05, 3.63) is 54.1 Å². The molecule has 2 aromatic rings. The first kappa shape index (κ1) is 28.7. The Morgan fingerprint density at radius 1 is 0.941 bits per heavy atom. The van der Waals surface area contributed by atoms with Gasteiger partial charge in [-0.2, -0.15) is 0 Å². The molecular formula is C25H33Cl2F3N2O2. The van der Waals surface area contributed by atoms with E-state index in [0.29, 0.717) is 17.4 Å². The van der Waals surface area contributed by atoms with E-state index in [-0.39, 0.29) is 36.7 Å². The maximum atomic E-state index is 12.6. The molecule has 4 rings (SSSR count). The summed E-state index contributed by atoms with van der Waals surface area (Å²) in [5.74, 6) is 0.702. The molecule has 2 N–H and O–H groups in total. The molecule has 2 aliphatic rings. The molecule has 34 heavy (non-hydrogen) atoms. The van der Waals surface area contributed by atoms with Crippen LogP contribution >= 0.6 is 24.8 Å². The number of nitrogens with one attached hydrogen (secondary N) is 1. The topological polar surface area (TPSA) is 44.7 Å². The van der Waals surface area contributed by atoms with Crippen LogP contribution in [0.4, 0.5) is 13.2 Å². The normalized spacial score (nSPS) is 22.2. The van der Waals surface area contributed by atoms with E-state index in [1.165, 1.54) is 17.7 Å². The molecule has 2 fully saturated rings. The highest BCUT2D eigenvalue weighted by Gasteiger charge is 2.31. The molecule has 4 nitrogen and oxygen atoms in total. The molecule has 1 aliphatic heterocycles. The van der Waals surface area contributed by atoms with Gasteiger partial charge in [0.2, 0.25) is 0 Å². The van der Waals surface area contributed by atoms with Crippen molar-refractivity contribution in [2.75, 3.05) is 32.7 Å². The molecule has 1 saturated heterocycles. The minimum absolute atomic E-state index is 0. The Balaban J connectivity index is 0.00000204. The fraction of sp³-hybridized carbons (Fsp3) is 0.520. The van der Waals surface area contributed by atoms with Gasteiger partial charge in [-0.25, -0.2) is 0 Å². The van der Waals surface area contributed by atoms with E-state index >= 15 is 0 Å². The van der Waals surface area contributed by atoms with Gasteiger partial charge in [0.1, 0.15) is 5.75 Å². The second kappa shape index (κ2) is 13.0. The van der Waals surface area contributed by atoms with Gasteiger partial charge in [0.05, 0.1) is 6.10 Å². The van der Waals surface area contributed by atoms with Crippen molar-refractivity contribution in [1.29, 1.82) is 0 Å². The maximum absolute atomic E-state index is 12.6. The molecule has 0 amide bonds. The van der Waals surface area contributed by atoms with Gasteiger partial charge in [-0.3, -0.25) is 0 Å². The van der Waals surface area contributed by atoms with Crippen LogP contribution in [0.25, 0.3) is 11.1 Å². The Kier molecular flexibility index (Phi) is 11.0. The molecule has 0 aromatic heterocycles. The molecule has 0 spiro atoms. The Morgan fingerprint density at radius 2 is 1.59 bits per heavy atom. The van der Waals surface area contributed by atoms with Crippen LogP contribution in [0.3, 0.4) is 0 Å². The van der Waals surface area contributed by atoms with Crippen molar-refractivity contribution in [2.45, 2.75) is 44.1 Å². The van der Waals surface area contributed by atoms with Crippen LogP contribution < -0.4 is 10.1 Å². The third-order valence-electron chi connectivity index (χ3n) is 6.71. The second-order valence-corrected chi connectivity index (χ2v) is 8.92. The molecule has 0 bridgehead atoms. The average molecular weight is 521 g/mol. The number of halogens is 5. The monoisotopic (exact) mass is 520 g/mol. The lowest BCUT2D eigenvalue weighted by Gasteiger charge is -2.37. The minimum Gasteiger partial charge on any atom is -0.406 e. The van der Waals surface area contributed by atoms with Gasteiger partial charge >= 0.3 is 6.36 Å². The van der Waals surface area contributed by atoms with Crippen LogP contribution in [0.5, 0.6) is 5.75 Å². The number of piperazine rings is 1. The molecular weight excluding hydrogens is 488 g/mol. The van der Waals surface area contributed by atoms with E-state index in [4.69, 9.17) is 0 Å². The van der Waals surface area contributed by atoms with Gasteiger partial charge in [-0.05, 0) is 66.3 Å². The van der Waals surface area contributed by atoms with Gasteiger partial charge in [-0.15, -0.1) is 38.0 Å². The Labute approximate surface area is 211 Å². The molecule has 190 valence electrons. The van der Waals surface area contributed by atoms with E-state index < -0.39 is 6.36 Å². The highest BCUT2D eigenvalue weighted by atomic mass is 35.5. The van der Waals surface area contributed by atoms with Crippen molar-refractivity contribution in [2.24, 2.45) is 5.92 Å². The number of benzene rings is 2. The molecule has 1 saturated carbocycles. The Hall–Kier alpha value is -1.51. The number of alkyl halides is 3. The fourth-order valence-corrected chi connectivity index (χ4v) is 5.00. The smallest absolute Gasteiger partial charge is 0.406 e. The minimum atomic E-state index is -4.70. The van der Waals surface area contributed by atoms with Crippen LogP contribution in [0.1, 0.15) is 37.2 Å². The van der Waals surface area contributed by atoms with Crippen LogP contribution in [0.2, 0.25) is 0 Å². The summed E-state index contributed by atoms with van der Waals surface area (Å²) in [5, 5.41) is 13.4. The Morgan fingerprint density at radius 3 is 2.21 bits per heavy atom. The molecule has 1 heterocycles. The highest BCUT2D eigenvalue weighted by molar-refractivity contribution is 5.85. The number of hydrogen-bond acceptors (Lipinski definition) is 4. The molecule has 9 heteroatoms. The van der Waals surface area contributed by atoms with Crippen molar-refractivity contribution in [1.82, 2.24) is 10.2 Å². The fourth-order valence-electron chi connectivity index (χ4n) is 5.00. The first-order chi connectivity index (χ1) is 15.4. The molecule has 0 radical (unpaired) electrons. The van der Waals surface area contributed by atoms with Crippen molar-refractivity contribution in [3.63, 3.8) is 0 Å². The predicted octanol–water partition coefficient (Wildman–Crippen LogP) is 5.64. The van der Waals surface area contributed by atoms with Gasteiger partial charge in [-0.1, -0.05) is 36.4 Å². The first-order valence-corrected chi connectivity index (χ1v) is 11.4. The first-order valence-electron chi connectivity index (χ1n) is 11.4. The summed E-state index contributed by atoms with van der Waals surface area (Å²) in [6.07, 6.45) is -1.13. The zero-order valence-electron chi connectivity index (χ0n) is 19.0. The highest BCUT2D eigenvalue weighted by Crippen LogP contribution is 2.38. The number of ether oxygens (including phenoxy) is 1. The summed E-state index contributed by atoms with van der Waals surface area (Å²) >= 11 is 0. The van der Waals surface area contributed by atoms with Crippen LogP contribution in [-0.2, 0) is 0 Å². The number of hydrogen-bond donors (Lipinski definition) is 2. The summed E-state index contributed by atoms with van der Waals surface area (Å²) < 4.78 is 41.8. The lowest BCUT2D eigenvalue weighted by molar-refractivity contribution is -0.274. The van der Waals surface area contributed by atoms with E-state index in [9.17, 15) is 18.3 Å². The van der Waals surface area contributed by atoms with E-state index in [2.05, 4.69) is 27.1 Å². The van der Waals surface area contributed by atoms with Crippen LogP contribution in [0, 0.1) is 5.92 Å². The molecule has 1 unspecified atom stereocenters. The summed E-state index contributed by atoms with van der Waals surface area (Å²) in [7, 11) is 0. The van der Waals surface area contributed by atoms with Gasteiger partial charge in [0, 0.05) is 32.7 Å².